The predicted molar refractivity (Wildman–Crippen MR) is 69.5 cm³/mol. The Morgan fingerprint density at radius 2 is 2.00 bits per heavy atom. The highest BCUT2D eigenvalue weighted by atomic mass is 79.9. The number of halogens is 2. The molecule has 78 valence electrons. The van der Waals surface area contributed by atoms with E-state index in [9.17, 15) is 0 Å². The molecule has 0 bridgehead atoms. The van der Waals surface area contributed by atoms with Gasteiger partial charge in [0.05, 0.1) is 6.04 Å². The van der Waals surface area contributed by atoms with Crippen LogP contribution in [0.25, 0.3) is 0 Å². The highest BCUT2D eigenvalue weighted by Crippen LogP contribution is 2.34. The minimum absolute atomic E-state index is 0.159. The van der Waals surface area contributed by atoms with Crippen LogP contribution in [0.4, 0.5) is 0 Å². The summed E-state index contributed by atoms with van der Waals surface area (Å²) in [7, 11) is 0. The van der Waals surface area contributed by atoms with E-state index in [1.54, 1.807) is 11.3 Å². The molecule has 1 nitrogen and oxygen atoms in total. The molecule has 0 fully saturated rings. The van der Waals surface area contributed by atoms with E-state index in [-0.39, 0.29) is 6.04 Å². The number of thiophene rings is 1. The molecule has 0 spiro atoms. The van der Waals surface area contributed by atoms with Crippen LogP contribution in [0.2, 0.25) is 5.02 Å². The van der Waals surface area contributed by atoms with Gasteiger partial charge in [-0.1, -0.05) is 29.8 Å². The quantitative estimate of drug-likeness (QED) is 0.883. The van der Waals surface area contributed by atoms with E-state index >= 15 is 0 Å². The minimum atomic E-state index is -0.159. The van der Waals surface area contributed by atoms with Crippen molar-refractivity contribution < 1.29 is 0 Å². The Morgan fingerprint density at radius 3 is 2.60 bits per heavy atom. The second kappa shape index (κ2) is 4.66. The third-order valence-corrected chi connectivity index (χ3v) is 4.47. The van der Waals surface area contributed by atoms with Crippen molar-refractivity contribution in [1.29, 1.82) is 0 Å². The first-order chi connectivity index (χ1) is 7.20. The van der Waals surface area contributed by atoms with Crippen molar-refractivity contribution in [3.8, 4) is 0 Å². The lowest BCUT2D eigenvalue weighted by Crippen LogP contribution is -2.11. The normalized spacial score (nSPS) is 12.7. The zero-order valence-electron chi connectivity index (χ0n) is 7.78. The van der Waals surface area contributed by atoms with Crippen LogP contribution in [-0.4, -0.2) is 0 Å². The fourth-order valence-electron chi connectivity index (χ4n) is 1.40. The fraction of sp³-hybridized carbons (Fsp3) is 0.0909. The minimum Gasteiger partial charge on any atom is -0.320 e. The van der Waals surface area contributed by atoms with Gasteiger partial charge in [-0.3, -0.25) is 0 Å². The van der Waals surface area contributed by atoms with Gasteiger partial charge in [0.25, 0.3) is 0 Å². The van der Waals surface area contributed by atoms with Crippen LogP contribution in [-0.2, 0) is 0 Å². The topological polar surface area (TPSA) is 26.0 Å². The van der Waals surface area contributed by atoms with E-state index < -0.39 is 0 Å². The molecule has 0 amide bonds. The second-order valence-electron chi connectivity index (χ2n) is 3.13. The zero-order chi connectivity index (χ0) is 10.8. The lowest BCUT2D eigenvalue weighted by atomic mass is 10.1. The van der Waals surface area contributed by atoms with Crippen LogP contribution in [0, 0.1) is 0 Å². The van der Waals surface area contributed by atoms with Gasteiger partial charge in [0.15, 0.2) is 0 Å². The van der Waals surface area contributed by atoms with Crippen molar-refractivity contribution in [1.82, 2.24) is 0 Å². The molecule has 0 aliphatic carbocycles. The Balaban J connectivity index is 2.41. The van der Waals surface area contributed by atoms with Crippen LogP contribution < -0.4 is 5.73 Å². The molecule has 0 aliphatic rings. The van der Waals surface area contributed by atoms with Gasteiger partial charge in [0.2, 0.25) is 0 Å². The molecular weight excluding hydrogens is 294 g/mol. The van der Waals surface area contributed by atoms with Crippen LogP contribution in [0.3, 0.4) is 0 Å². The van der Waals surface area contributed by atoms with Crippen molar-refractivity contribution in [2.24, 2.45) is 5.73 Å². The summed E-state index contributed by atoms with van der Waals surface area (Å²) in [5.41, 5.74) is 7.12. The smallest absolute Gasteiger partial charge is 0.0672 e. The Morgan fingerprint density at radius 1 is 1.27 bits per heavy atom. The molecule has 1 heterocycles. The summed E-state index contributed by atoms with van der Waals surface area (Å²) in [4.78, 5) is 1.10. The first kappa shape index (κ1) is 11.1. The van der Waals surface area contributed by atoms with Crippen LogP contribution >= 0.6 is 38.9 Å². The van der Waals surface area contributed by atoms with Gasteiger partial charge < -0.3 is 5.73 Å². The van der Waals surface area contributed by atoms with E-state index in [0.717, 1.165) is 14.9 Å². The lowest BCUT2D eigenvalue weighted by Gasteiger charge is -2.12. The summed E-state index contributed by atoms with van der Waals surface area (Å²) in [6.07, 6.45) is 0. The molecule has 2 rings (SSSR count). The van der Waals surface area contributed by atoms with Gasteiger partial charge in [-0.05, 0) is 39.0 Å². The molecule has 1 aromatic heterocycles. The largest absolute Gasteiger partial charge is 0.320 e. The molecular formula is C11H9BrClNS. The molecule has 1 atom stereocenters. The maximum atomic E-state index is 6.16. The summed E-state index contributed by atoms with van der Waals surface area (Å²) < 4.78 is 1.04. The maximum Gasteiger partial charge on any atom is 0.0672 e. The Kier molecular flexibility index (Phi) is 3.46. The molecule has 0 saturated carbocycles. The van der Waals surface area contributed by atoms with Gasteiger partial charge in [-0.15, -0.1) is 11.3 Å². The van der Waals surface area contributed by atoms with E-state index in [2.05, 4.69) is 15.9 Å². The highest BCUT2D eigenvalue weighted by molar-refractivity contribution is 9.10. The summed E-state index contributed by atoms with van der Waals surface area (Å²) in [6, 6.07) is 9.51. The molecule has 15 heavy (non-hydrogen) atoms. The highest BCUT2D eigenvalue weighted by Gasteiger charge is 2.15. The van der Waals surface area contributed by atoms with Crippen LogP contribution in [0.1, 0.15) is 16.5 Å². The van der Waals surface area contributed by atoms with Crippen molar-refractivity contribution in [3.63, 3.8) is 0 Å². The first-order valence-electron chi connectivity index (χ1n) is 4.43. The molecule has 0 aliphatic heterocycles. The third kappa shape index (κ3) is 2.26. The number of nitrogens with two attached hydrogens (primary N) is 1. The predicted octanol–water partition coefficient (Wildman–Crippen LogP) is 4.21. The number of rotatable bonds is 2. The van der Waals surface area contributed by atoms with Gasteiger partial charge in [-0.2, -0.15) is 0 Å². The zero-order valence-corrected chi connectivity index (χ0v) is 10.9. The molecule has 4 heteroatoms. The van der Waals surface area contributed by atoms with Gasteiger partial charge in [0.1, 0.15) is 0 Å². The molecule has 0 radical (unpaired) electrons. The molecule has 0 saturated heterocycles. The van der Waals surface area contributed by atoms with E-state index in [0.29, 0.717) is 5.02 Å². The average Bonchev–Trinajstić information content (AvgIpc) is 2.64. The maximum absolute atomic E-state index is 6.16. The molecule has 2 N–H and O–H groups in total. The van der Waals surface area contributed by atoms with Gasteiger partial charge >= 0.3 is 0 Å². The molecule has 1 unspecified atom stereocenters. The third-order valence-electron chi connectivity index (χ3n) is 2.17. The Hall–Kier alpha value is -0.350. The average molecular weight is 303 g/mol. The Labute approximate surface area is 106 Å². The fourth-order valence-corrected chi connectivity index (χ4v) is 3.29. The lowest BCUT2D eigenvalue weighted by molar-refractivity contribution is 0.889. The number of hydrogen-bond donors (Lipinski definition) is 1. The SMILES string of the molecule is NC(c1ccccc1Cl)c1sccc1Br. The summed E-state index contributed by atoms with van der Waals surface area (Å²) >= 11 is 11.2. The van der Waals surface area contributed by atoms with Gasteiger partial charge in [0, 0.05) is 14.4 Å². The first-order valence-corrected chi connectivity index (χ1v) is 6.48. The van der Waals surface area contributed by atoms with Crippen molar-refractivity contribution in [3.05, 3.63) is 55.6 Å². The van der Waals surface area contributed by atoms with E-state index in [1.807, 2.05) is 35.7 Å². The standard InChI is InChI=1S/C11H9BrClNS/c12-8-5-6-15-11(8)10(14)7-3-1-2-4-9(7)13/h1-6,10H,14H2. The van der Waals surface area contributed by atoms with E-state index in [4.69, 9.17) is 17.3 Å². The van der Waals surface area contributed by atoms with Crippen molar-refractivity contribution in [2.45, 2.75) is 6.04 Å². The molecule has 2 aromatic rings. The second-order valence-corrected chi connectivity index (χ2v) is 5.34. The van der Waals surface area contributed by atoms with Crippen molar-refractivity contribution in [2.75, 3.05) is 0 Å². The van der Waals surface area contributed by atoms with E-state index in [1.165, 1.54) is 0 Å². The Bertz CT molecular complexity index is 469. The van der Waals surface area contributed by atoms with Crippen LogP contribution in [0.5, 0.6) is 0 Å². The summed E-state index contributed by atoms with van der Waals surface area (Å²) in [5.74, 6) is 0. The summed E-state index contributed by atoms with van der Waals surface area (Å²) in [6.45, 7) is 0. The number of hydrogen-bond acceptors (Lipinski definition) is 2. The molecule has 1 aromatic carbocycles. The monoisotopic (exact) mass is 301 g/mol. The summed E-state index contributed by atoms with van der Waals surface area (Å²) in [5, 5.41) is 2.72. The van der Waals surface area contributed by atoms with Crippen molar-refractivity contribution >= 4 is 38.9 Å². The van der Waals surface area contributed by atoms with Crippen LogP contribution in [0.15, 0.2) is 40.2 Å². The van der Waals surface area contributed by atoms with Gasteiger partial charge in [-0.25, -0.2) is 0 Å². The number of benzene rings is 1.